The predicted octanol–water partition coefficient (Wildman–Crippen LogP) is 3.41. The van der Waals surface area contributed by atoms with E-state index in [0.717, 1.165) is 5.56 Å². The Labute approximate surface area is 166 Å². The quantitative estimate of drug-likeness (QED) is 0.513. The number of carbonyl (C=O) groups excluding carboxylic acids is 2. The summed E-state index contributed by atoms with van der Waals surface area (Å²) in [6.45, 7) is 1.90. The highest BCUT2D eigenvalue weighted by Crippen LogP contribution is 2.32. The second-order valence-corrected chi connectivity index (χ2v) is 6.22. The number of nitrogens with one attached hydrogen (secondary N) is 2. The number of nitrogens with zero attached hydrogens (tertiary/aromatic N) is 1. The molecule has 0 unspecified atom stereocenters. The number of furan rings is 1. The number of hydrogen-bond acceptors (Lipinski definition) is 6. The van der Waals surface area contributed by atoms with E-state index in [9.17, 15) is 9.59 Å². The molecule has 3 aromatic rings. The van der Waals surface area contributed by atoms with Crippen LogP contribution in [-0.2, 0) is 0 Å². The monoisotopic (exact) mass is 391 g/mol. The van der Waals surface area contributed by atoms with Crippen molar-refractivity contribution in [3.8, 4) is 11.5 Å². The Bertz CT molecular complexity index is 1090. The summed E-state index contributed by atoms with van der Waals surface area (Å²) in [6.07, 6.45) is 1.44. The zero-order valence-corrected chi connectivity index (χ0v) is 15.5. The van der Waals surface area contributed by atoms with Crippen molar-refractivity contribution in [2.24, 2.45) is 5.10 Å². The molecule has 0 spiro atoms. The SMILES string of the molecule is C/C(=N\NC(=O)c1ccc2c(c1)OCO2)c1cccc(NC(=O)c2ccco2)c1. The minimum absolute atomic E-state index is 0.143. The van der Waals surface area contributed by atoms with Gasteiger partial charge in [-0.1, -0.05) is 12.1 Å². The van der Waals surface area contributed by atoms with Gasteiger partial charge in [-0.25, -0.2) is 5.43 Å². The van der Waals surface area contributed by atoms with Gasteiger partial charge in [-0.15, -0.1) is 0 Å². The van der Waals surface area contributed by atoms with Crippen LogP contribution in [0.3, 0.4) is 0 Å². The molecule has 2 N–H and O–H groups in total. The highest BCUT2D eigenvalue weighted by Gasteiger charge is 2.16. The summed E-state index contributed by atoms with van der Waals surface area (Å²) in [5.41, 5.74) is 4.83. The molecular formula is C21H17N3O5. The molecule has 0 aliphatic carbocycles. The molecule has 1 aliphatic heterocycles. The van der Waals surface area contributed by atoms with Gasteiger partial charge < -0.3 is 19.2 Å². The van der Waals surface area contributed by atoms with Crippen LogP contribution in [0, 0.1) is 0 Å². The summed E-state index contributed by atoms with van der Waals surface area (Å²) in [4.78, 5) is 24.4. The van der Waals surface area contributed by atoms with E-state index in [0.29, 0.717) is 28.5 Å². The van der Waals surface area contributed by atoms with Gasteiger partial charge in [-0.2, -0.15) is 5.10 Å². The number of anilines is 1. The van der Waals surface area contributed by atoms with Gasteiger partial charge in [0.05, 0.1) is 12.0 Å². The molecule has 2 aromatic carbocycles. The van der Waals surface area contributed by atoms with Gasteiger partial charge in [-0.3, -0.25) is 9.59 Å². The van der Waals surface area contributed by atoms with Crippen LogP contribution in [0.2, 0.25) is 0 Å². The first-order valence-corrected chi connectivity index (χ1v) is 8.80. The summed E-state index contributed by atoms with van der Waals surface area (Å²) < 4.78 is 15.6. The fourth-order valence-electron chi connectivity index (χ4n) is 2.72. The number of rotatable bonds is 5. The zero-order chi connectivity index (χ0) is 20.2. The lowest BCUT2D eigenvalue weighted by Crippen LogP contribution is -2.19. The lowest BCUT2D eigenvalue weighted by atomic mass is 10.1. The summed E-state index contributed by atoms with van der Waals surface area (Å²) in [5.74, 6) is 0.632. The molecule has 2 amide bonds. The van der Waals surface area contributed by atoms with E-state index in [1.54, 1.807) is 55.5 Å². The van der Waals surface area contributed by atoms with Crippen LogP contribution in [-0.4, -0.2) is 24.3 Å². The third kappa shape index (κ3) is 4.11. The molecule has 0 fully saturated rings. The lowest BCUT2D eigenvalue weighted by molar-refractivity contribution is 0.0953. The zero-order valence-electron chi connectivity index (χ0n) is 15.5. The average Bonchev–Trinajstić information content (AvgIpc) is 3.43. The first kappa shape index (κ1) is 18.3. The fraction of sp³-hybridized carbons (Fsp3) is 0.0952. The Balaban J connectivity index is 1.43. The molecule has 0 saturated carbocycles. The van der Waals surface area contributed by atoms with Gasteiger partial charge in [0.15, 0.2) is 17.3 Å². The highest BCUT2D eigenvalue weighted by atomic mass is 16.7. The minimum Gasteiger partial charge on any atom is -0.459 e. The molecule has 0 radical (unpaired) electrons. The van der Waals surface area contributed by atoms with Crippen LogP contribution in [0.15, 0.2) is 70.4 Å². The first-order valence-electron chi connectivity index (χ1n) is 8.80. The number of benzene rings is 2. The number of fused-ring (bicyclic) bond motifs is 1. The third-order valence-corrected chi connectivity index (χ3v) is 4.24. The molecule has 2 heterocycles. The van der Waals surface area contributed by atoms with E-state index in [2.05, 4.69) is 15.8 Å². The molecule has 146 valence electrons. The number of amides is 2. The molecule has 1 aromatic heterocycles. The number of ether oxygens (including phenoxy) is 2. The van der Waals surface area contributed by atoms with E-state index in [-0.39, 0.29) is 24.4 Å². The second kappa shape index (κ2) is 7.89. The van der Waals surface area contributed by atoms with E-state index in [4.69, 9.17) is 13.9 Å². The summed E-state index contributed by atoms with van der Waals surface area (Å²) in [5, 5.41) is 6.90. The van der Waals surface area contributed by atoms with Gasteiger partial charge in [0.25, 0.3) is 11.8 Å². The van der Waals surface area contributed by atoms with E-state index in [1.165, 1.54) is 6.26 Å². The maximum Gasteiger partial charge on any atom is 0.291 e. The Morgan fingerprint density at radius 3 is 2.62 bits per heavy atom. The Kier molecular flexibility index (Phi) is 4.98. The summed E-state index contributed by atoms with van der Waals surface area (Å²) in [7, 11) is 0. The number of carbonyl (C=O) groups is 2. The van der Waals surface area contributed by atoms with E-state index in [1.807, 2.05) is 6.07 Å². The number of hydrogen-bond donors (Lipinski definition) is 2. The van der Waals surface area contributed by atoms with Crippen molar-refractivity contribution in [1.82, 2.24) is 5.43 Å². The predicted molar refractivity (Wildman–Crippen MR) is 105 cm³/mol. The van der Waals surface area contributed by atoms with Crippen molar-refractivity contribution in [2.45, 2.75) is 6.92 Å². The van der Waals surface area contributed by atoms with Crippen molar-refractivity contribution in [3.63, 3.8) is 0 Å². The molecule has 0 saturated heterocycles. The molecule has 0 bridgehead atoms. The molecule has 0 atom stereocenters. The maximum atomic E-state index is 12.3. The van der Waals surface area contributed by atoms with Crippen LogP contribution in [0.4, 0.5) is 5.69 Å². The van der Waals surface area contributed by atoms with Crippen LogP contribution in [0.5, 0.6) is 11.5 Å². The molecule has 8 nitrogen and oxygen atoms in total. The van der Waals surface area contributed by atoms with Crippen molar-refractivity contribution < 1.29 is 23.5 Å². The molecule has 1 aliphatic rings. The Hall–Kier alpha value is -4.07. The smallest absolute Gasteiger partial charge is 0.291 e. The largest absolute Gasteiger partial charge is 0.459 e. The summed E-state index contributed by atoms with van der Waals surface area (Å²) >= 11 is 0. The van der Waals surface area contributed by atoms with Gasteiger partial charge in [0.2, 0.25) is 6.79 Å². The maximum absolute atomic E-state index is 12.3. The highest BCUT2D eigenvalue weighted by molar-refractivity contribution is 6.04. The Morgan fingerprint density at radius 2 is 1.79 bits per heavy atom. The van der Waals surface area contributed by atoms with E-state index >= 15 is 0 Å². The average molecular weight is 391 g/mol. The van der Waals surface area contributed by atoms with Gasteiger partial charge in [-0.05, 0) is 55.0 Å². The van der Waals surface area contributed by atoms with Crippen LogP contribution in [0.1, 0.15) is 33.4 Å². The Morgan fingerprint density at radius 1 is 0.931 bits per heavy atom. The third-order valence-electron chi connectivity index (χ3n) is 4.24. The van der Waals surface area contributed by atoms with Crippen molar-refractivity contribution >= 4 is 23.2 Å². The second-order valence-electron chi connectivity index (χ2n) is 6.22. The van der Waals surface area contributed by atoms with Crippen molar-refractivity contribution in [2.75, 3.05) is 12.1 Å². The number of hydrazone groups is 1. The first-order chi connectivity index (χ1) is 14.1. The van der Waals surface area contributed by atoms with Crippen molar-refractivity contribution in [1.29, 1.82) is 0 Å². The molecule has 4 rings (SSSR count). The molecule has 8 heteroatoms. The standard InChI is InChI=1S/C21H17N3O5/c1-13(23-24-20(25)15-7-8-17-19(11-15)29-12-28-17)14-4-2-5-16(10-14)22-21(26)18-6-3-9-27-18/h2-11H,12H2,1H3,(H,22,26)(H,24,25)/b23-13+. The van der Waals surface area contributed by atoms with Crippen molar-refractivity contribution in [3.05, 3.63) is 77.7 Å². The van der Waals surface area contributed by atoms with Gasteiger partial charge in [0.1, 0.15) is 0 Å². The fourth-order valence-corrected chi connectivity index (χ4v) is 2.72. The van der Waals surface area contributed by atoms with Crippen LogP contribution in [0.25, 0.3) is 0 Å². The topological polar surface area (TPSA) is 102 Å². The van der Waals surface area contributed by atoms with Crippen LogP contribution < -0.4 is 20.2 Å². The summed E-state index contributed by atoms with van der Waals surface area (Å²) in [6, 6.07) is 15.3. The van der Waals surface area contributed by atoms with Gasteiger partial charge in [0, 0.05) is 11.3 Å². The normalized spacial score (nSPS) is 12.5. The minimum atomic E-state index is -0.370. The van der Waals surface area contributed by atoms with Gasteiger partial charge >= 0.3 is 0 Å². The lowest BCUT2D eigenvalue weighted by Gasteiger charge is -2.07. The van der Waals surface area contributed by atoms with Crippen LogP contribution >= 0.6 is 0 Å². The molecular weight excluding hydrogens is 374 g/mol. The molecule has 29 heavy (non-hydrogen) atoms. The van der Waals surface area contributed by atoms with E-state index < -0.39 is 0 Å².